The predicted molar refractivity (Wildman–Crippen MR) is 91.8 cm³/mol. The minimum Gasteiger partial charge on any atom is -0.481 e. The van der Waals surface area contributed by atoms with Gasteiger partial charge in [-0.2, -0.15) is 0 Å². The first-order valence-corrected chi connectivity index (χ1v) is 8.85. The molecule has 1 fully saturated rings. The van der Waals surface area contributed by atoms with Gasteiger partial charge in [0.05, 0.1) is 12.0 Å². The summed E-state index contributed by atoms with van der Waals surface area (Å²) in [7, 11) is 0. The number of aliphatic carboxylic acids is 1. The van der Waals surface area contributed by atoms with Crippen LogP contribution in [0.5, 0.6) is 0 Å². The van der Waals surface area contributed by atoms with Gasteiger partial charge in [-0.15, -0.1) is 11.3 Å². The average Bonchev–Trinajstić information content (AvgIpc) is 3.00. The monoisotopic (exact) mass is 344 g/mol. The number of carboxylic acid groups (broad SMARTS) is 1. The fourth-order valence-corrected chi connectivity index (χ4v) is 4.29. The molecule has 3 heterocycles. The molecule has 0 saturated carbocycles. The molecule has 1 amide bonds. The maximum atomic E-state index is 12.5. The molecular weight excluding hydrogens is 324 g/mol. The van der Waals surface area contributed by atoms with Crippen molar-refractivity contribution in [1.82, 2.24) is 9.88 Å². The number of carboxylic acids is 1. The van der Waals surface area contributed by atoms with Crippen molar-refractivity contribution < 1.29 is 14.7 Å². The van der Waals surface area contributed by atoms with Gasteiger partial charge in [0, 0.05) is 35.1 Å². The van der Waals surface area contributed by atoms with Crippen LogP contribution in [-0.2, 0) is 16.0 Å². The van der Waals surface area contributed by atoms with E-state index in [-0.39, 0.29) is 11.9 Å². The first-order chi connectivity index (χ1) is 11.6. The Morgan fingerprint density at radius 1 is 1.42 bits per heavy atom. The molecule has 3 rings (SSSR count). The highest BCUT2D eigenvalue weighted by molar-refractivity contribution is 7.12. The standard InChI is InChI=1S/C18H20N2O3S/c1-12-4-6-15(24-12)17-14(18(22)23)5-7-16(21)20(17)10-8-13-3-2-9-19-11-13/h2-4,6,9,11,14,17H,5,7-8,10H2,1H3,(H,22,23). The fourth-order valence-electron chi connectivity index (χ4n) is 3.23. The summed E-state index contributed by atoms with van der Waals surface area (Å²) < 4.78 is 0. The lowest BCUT2D eigenvalue weighted by molar-refractivity contribution is -0.151. The van der Waals surface area contributed by atoms with Crippen LogP contribution in [-0.4, -0.2) is 33.4 Å². The molecule has 126 valence electrons. The SMILES string of the molecule is Cc1ccc(C2C(C(=O)O)CCC(=O)N2CCc2cccnc2)s1. The number of amides is 1. The molecule has 2 aromatic heterocycles. The summed E-state index contributed by atoms with van der Waals surface area (Å²) >= 11 is 1.57. The second kappa shape index (κ2) is 7.13. The van der Waals surface area contributed by atoms with Crippen LogP contribution in [0.15, 0.2) is 36.7 Å². The number of carbonyl (C=O) groups is 2. The molecule has 0 bridgehead atoms. The second-order valence-electron chi connectivity index (χ2n) is 6.08. The van der Waals surface area contributed by atoms with E-state index in [2.05, 4.69) is 4.98 Å². The van der Waals surface area contributed by atoms with E-state index in [1.807, 2.05) is 31.2 Å². The Labute approximate surface area is 145 Å². The number of hydrogen-bond acceptors (Lipinski definition) is 4. The van der Waals surface area contributed by atoms with E-state index in [4.69, 9.17) is 0 Å². The van der Waals surface area contributed by atoms with Crippen molar-refractivity contribution in [3.63, 3.8) is 0 Å². The van der Waals surface area contributed by atoms with Crippen molar-refractivity contribution in [1.29, 1.82) is 0 Å². The number of rotatable bonds is 5. The van der Waals surface area contributed by atoms with Crippen LogP contribution in [0.4, 0.5) is 0 Å². The summed E-state index contributed by atoms with van der Waals surface area (Å²) in [4.78, 5) is 32.2. The Hall–Kier alpha value is -2.21. The molecule has 0 spiro atoms. The molecule has 6 heteroatoms. The Morgan fingerprint density at radius 3 is 2.88 bits per heavy atom. The molecule has 0 aliphatic carbocycles. The van der Waals surface area contributed by atoms with Gasteiger partial charge in [-0.25, -0.2) is 0 Å². The van der Waals surface area contributed by atoms with Crippen molar-refractivity contribution >= 4 is 23.2 Å². The van der Waals surface area contributed by atoms with E-state index in [1.54, 1.807) is 28.6 Å². The van der Waals surface area contributed by atoms with Gasteiger partial charge in [0.25, 0.3) is 0 Å². The number of aryl methyl sites for hydroxylation is 1. The topological polar surface area (TPSA) is 70.5 Å². The van der Waals surface area contributed by atoms with Crippen molar-refractivity contribution in [3.05, 3.63) is 52.0 Å². The number of piperidine rings is 1. The smallest absolute Gasteiger partial charge is 0.308 e. The maximum absolute atomic E-state index is 12.5. The average molecular weight is 344 g/mol. The molecule has 2 unspecified atom stereocenters. The van der Waals surface area contributed by atoms with Crippen LogP contribution >= 0.6 is 11.3 Å². The van der Waals surface area contributed by atoms with Crippen molar-refractivity contribution in [2.75, 3.05) is 6.54 Å². The first kappa shape index (κ1) is 16.6. The quantitative estimate of drug-likeness (QED) is 0.905. The summed E-state index contributed by atoms with van der Waals surface area (Å²) in [5.41, 5.74) is 1.05. The van der Waals surface area contributed by atoms with Gasteiger partial charge >= 0.3 is 5.97 Å². The summed E-state index contributed by atoms with van der Waals surface area (Å²) in [6.07, 6.45) is 4.87. The maximum Gasteiger partial charge on any atom is 0.308 e. The van der Waals surface area contributed by atoms with Crippen molar-refractivity contribution in [2.24, 2.45) is 5.92 Å². The van der Waals surface area contributed by atoms with Crippen LogP contribution < -0.4 is 0 Å². The lowest BCUT2D eigenvalue weighted by Gasteiger charge is -2.39. The Morgan fingerprint density at radius 2 is 2.25 bits per heavy atom. The zero-order valence-corrected chi connectivity index (χ0v) is 14.3. The number of carbonyl (C=O) groups excluding carboxylic acids is 1. The van der Waals surface area contributed by atoms with E-state index >= 15 is 0 Å². The van der Waals surface area contributed by atoms with Gasteiger partial charge in [-0.3, -0.25) is 14.6 Å². The molecule has 1 saturated heterocycles. The zero-order valence-electron chi connectivity index (χ0n) is 13.5. The highest BCUT2D eigenvalue weighted by Crippen LogP contribution is 2.39. The molecule has 1 N–H and O–H groups in total. The zero-order chi connectivity index (χ0) is 17.1. The molecule has 5 nitrogen and oxygen atoms in total. The number of pyridine rings is 1. The molecule has 24 heavy (non-hydrogen) atoms. The van der Waals surface area contributed by atoms with Crippen LogP contribution in [0.25, 0.3) is 0 Å². The van der Waals surface area contributed by atoms with Crippen molar-refractivity contribution in [2.45, 2.75) is 32.2 Å². The Balaban J connectivity index is 1.86. The molecule has 1 aliphatic rings. The number of nitrogens with zero attached hydrogens (tertiary/aromatic N) is 2. The number of likely N-dealkylation sites (tertiary alicyclic amines) is 1. The minimum atomic E-state index is -0.829. The van der Waals surface area contributed by atoms with E-state index in [9.17, 15) is 14.7 Å². The Kier molecular flexibility index (Phi) is 4.94. The van der Waals surface area contributed by atoms with Gasteiger partial charge in [0.15, 0.2) is 0 Å². The van der Waals surface area contributed by atoms with Gasteiger partial charge in [0.2, 0.25) is 5.91 Å². The molecular formula is C18H20N2O3S. The summed E-state index contributed by atoms with van der Waals surface area (Å²) in [5.74, 6) is -1.34. The number of hydrogen-bond donors (Lipinski definition) is 1. The molecule has 0 radical (unpaired) electrons. The van der Waals surface area contributed by atoms with E-state index in [0.717, 1.165) is 15.3 Å². The van der Waals surface area contributed by atoms with Crippen molar-refractivity contribution in [3.8, 4) is 0 Å². The largest absolute Gasteiger partial charge is 0.481 e. The van der Waals surface area contributed by atoms with E-state index in [0.29, 0.717) is 25.8 Å². The second-order valence-corrected chi connectivity index (χ2v) is 7.39. The third kappa shape index (κ3) is 3.48. The Bertz CT molecular complexity index is 729. The van der Waals surface area contributed by atoms with Crippen LogP contribution in [0.1, 0.15) is 34.2 Å². The molecule has 2 aromatic rings. The summed E-state index contributed by atoms with van der Waals surface area (Å²) in [5, 5.41) is 9.62. The van der Waals surface area contributed by atoms with Crippen LogP contribution in [0.3, 0.4) is 0 Å². The van der Waals surface area contributed by atoms with E-state index in [1.165, 1.54) is 0 Å². The number of aromatic nitrogens is 1. The first-order valence-electron chi connectivity index (χ1n) is 8.04. The highest BCUT2D eigenvalue weighted by atomic mass is 32.1. The fraction of sp³-hybridized carbons (Fsp3) is 0.389. The normalized spacial score (nSPS) is 21.0. The third-order valence-corrected chi connectivity index (χ3v) is 5.51. The number of thiophene rings is 1. The van der Waals surface area contributed by atoms with Gasteiger partial charge in [-0.05, 0) is 43.5 Å². The minimum absolute atomic E-state index is 0.0347. The van der Waals surface area contributed by atoms with Crippen LogP contribution in [0, 0.1) is 12.8 Å². The van der Waals surface area contributed by atoms with Gasteiger partial charge in [-0.1, -0.05) is 6.07 Å². The lowest BCUT2D eigenvalue weighted by atomic mass is 9.87. The summed E-state index contributed by atoms with van der Waals surface area (Å²) in [6.45, 7) is 2.50. The van der Waals surface area contributed by atoms with E-state index < -0.39 is 11.9 Å². The van der Waals surface area contributed by atoms with Gasteiger partial charge < -0.3 is 10.0 Å². The predicted octanol–water partition coefficient (Wildman–Crippen LogP) is 3.06. The third-order valence-electron chi connectivity index (χ3n) is 4.44. The molecule has 1 aliphatic heterocycles. The molecule has 2 atom stereocenters. The molecule has 0 aromatic carbocycles. The van der Waals surface area contributed by atoms with Gasteiger partial charge in [0.1, 0.15) is 0 Å². The summed E-state index contributed by atoms with van der Waals surface area (Å²) in [6, 6.07) is 7.40. The van der Waals surface area contributed by atoms with Crippen LogP contribution in [0.2, 0.25) is 0 Å². The lowest BCUT2D eigenvalue weighted by Crippen LogP contribution is -2.45. The highest BCUT2D eigenvalue weighted by Gasteiger charge is 2.41.